The number of phenols is 1. The van der Waals surface area contributed by atoms with Gasteiger partial charge in [-0.05, 0) is 56.7 Å². The molecule has 31 heavy (non-hydrogen) atoms. The lowest BCUT2D eigenvalue weighted by molar-refractivity contribution is 0.253. The highest BCUT2D eigenvalue weighted by molar-refractivity contribution is 7.22. The molecule has 5 rings (SSSR count). The maximum atomic E-state index is 13.7. The number of aromatic nitrogens is 5. The Bertz CT molecular complexity index is 1230. The molecule has 8 nitrogen and oxygen atoms in total. The minimum atomic E-state index is -0.612. The molecule has 0 spiro atoms. The number of hydrogen-bond donors (Lipinski definition) is 2. The van der Waals surface area contributed by atoms with Crippen LogP contribution < -0.4 is 4.90 Å². The Labute approximate surface area is 182 Å². The number of H-pyrrole nitrogens is 1. The standard InChI is InChI=1S/C21H22FN7OS/c1-28-7-5-13(6-8-28)29(2)21-24-20-18(31-21)10-16(25-27-20)14-4-3-12(9-17(14)30)15-11-23-26-19(15)22/h3-4,9-11,13,30H,5-8H2,1-2H3,(H,23,26). The first-order chi connectivity index (χ1) is 15.0. The zero-order valence-electron chi connectivity index (χ0n) is 17.2. The van der Waals surface area contributed by atoms with Gasteiger partial charge in [-0.1, -0.05) is 17.4 Å². The molecule has 160 valence electrons. The van der Waals surface area contributed by atoms with Crippen molar-refractivity contribution in [2.24, 2.45) is 0 Å². The number of anilines is 1. The molecule has 4 heterocycles. The highest BCUT2D eigenvalue weighted by atomic mass is 32.1. The van der Waals surface area contributed by atoms with Crippen molar-refractivity contribution in [3.63, 3.8) is 0 Å². The number of likely N-dealkylation sites (tertiary alicyclic amines) is 1. The maximum Gasteiger partial charge on any atom is 0.240 e. The minimum absolute atomic E-state index is 0.0000627. The fourth-order valence-electron chi connectivity index (χ4n) is 3.94. The molecule has 0 atom stereocenters. The summed E-state index contributed by atoms with van der Waals surface area (Å²) in [7, 11) is 4.24. The summed E-state index contributed by atoms with van der Waals surface area (Å²) < 4.78 is 14.6. The van der Waals surface area contributed by atoms with Crippen LogP contribution in [0.2, 0.25) is 0 Å². The van der Waals surface area contributed by atoms with E-state index < -0.39 is 5.95 Å². The van der Waals surface area contributed by atoms with E-state index in [2.05, 4.69) is 49.3 Å². The molecule has 1 saturated heterocycles. The number of benzene rings is 1. The number of halogens is 1. The second-order valence-electron chi connectivity index (χ2n) is 7.88. The number of nitrogens with zero attached hydrogens (tertiary/aromatic N) is 6. The quantitative estimate of drug-likeness (QED) is 0.502. The summed E-state index contributed by atoms with van der Waals surface area (Å²) in [6.45, 7) is 2.17. The van der Waals surface area contributed by atoms with Crippen LogP contribution in [-0.2, 0) is 0 Å². The van der Waals surface area contributed by atoms with E-state index in [1.165, 1.54) is 12.3 Å². The smallest absolute Gasteiger partial charge is 0.240 e. The average molecular weight is 440 g/mol. The molecule has 1 aliphatic heterocycles. The van der Waals surface area contributed by atoms with Crippen LogP contribution in [0.15, 0.2) is 30.5 Å². The van der Waals surface area contributed by atoms with Crippen LogP contribution in [0.5, 0.6) is 5.75 Å². The molecular weight excluding hydrogens is 417 g/mol. The van der Waals surface area contributed by atoms with E-state index in [0.717, 1.165) is 35.8 Å². The Morgan fingerprint density at radius 2 is 2.00 bits per heavy atom. The summed E-state index contributed by atoms with van der Waals surface area (Å²) >= 11 is 1.57. The van der Waals surface area contributed by atoms with E-state index >= 15 is 0 Å². The Kier molecular flexibility index (Phi) is 5.03. The van der Waals surface area contributed by atoms with Crippen molar-refractivity contribution >= 4 is 26.8 Å². The third kappa shape index (κ3) is 3.72. The Balaban J connectivity index is 1.43. The topological polar surface area (TPSA) is 94.1 Å². The zero-order valence-corrected chi connectivity index (χ0v) is 18.0. The number of rotatable bonds is 4. The molecule has 1 aliphatic rings. The van der Waals surface area contributed by atoms with Gasteiger partial charge in [-0.15, -0.1) is 15.3 Å². The van der Waals surface area contributed by atoms with Crippen molar-refractivity contribution in [1.29, 1.82) is 0 Å². The molecule has 1 aromatic carbocycles. The van der Waals surface area contributed by atoms with E-state index in [9.17, 15) is 9.50 Å². The fourth-order valence-corrected chi connectivity index (χ4v) is 4.92. The van der Waals surface area contributed by atoms with Crippen LogP contribution in [0.4, 0.5) is 9.52 Å². The number of aromatic amines is 1. The van der Waals surface area contributed by atoms with Gasteiger partial charge in [0.15, 0.2) is 10.8 Å². The number of thiazole rings is 1. The van der Waals surface area contributed by atoms with Gasteiger partial charge in [-0.3, -0.25) is 5.10 Å². The summed E-state index contributed by atoms with van der Waals surface area (Å²) in [6.07, 6.45) is 3.67. The first-order valence-electron chi connectivity index (χ1n) is 10.1. The van der Waals surface area contributed by atoms with Gasteiger partial charge in [-0.25, -0.2) is 0 Å². The van der Waals surface area contributed by atoms with Crippen LogP contribution in [0.1, 0.15) is 12.8 Å². The molecule has 3 aromatic heterocycles. The molecular formula is C21H22FN7OS. The Morgan fingerprint density at radius 1 is 1.19 bits per heavy atom. The predicted molar refractivity (Wildman–Crippen MR) is 119 cm³/mol. The van der Waals surface area contributed by atoms with Crippen molar-refractivity contribution < 1.29 is 9.50 Å². The molecule has 4 aromatic rings. The van der Waals surface area contributed by atoms with Crippen LogP contribution in [0.25, 0.3) is 32.7 Å². The first-order valence-corrected chi connectivity index (χ1v) is 10.9. The SMILES string of the molecule is CN1CCC(N(C)c2nc3nnc(-c4ccc(-c5c[nH]nc5F)cc4O)cc3s2)CC1. The van der Waals surface area contributed by atoms with Gasteiger partial charge in [0.25, 0.3) is 0 Å². The molecule has 0 saturated carbocycles. The molecule has 0 bridgehead atoms. The number of hydrogen-bond acceptors (Lipinski definition) is 8. The monoisotopic (exact) mass is 439 g/mol. The van der Waals surface area contributed by atoms with E-state index in [-0.39, 0.29) is 5.75 Å². The summed E-state index contributed by atoms with van der Waals surface area (Å²) in [4.78, 5) is 9.25. The summed E-state index contributed by atoms with van der Waals surface area (Å²) in [5.41, 5.74) is 2.50. The first kappa shape index (κ1) is 19.8. The van der Waals surface area contributed by atoms with Crippen molar-refractivity contribution in [2.75, 3.05) is 32.1 Å². The summed E-state index contributed by atoms with van der Waals surface area (Å²) in [5.74, 6) is -0.612. The number of aromatic hydroxyl groups is 1. The molecule has 0 radical (unpaired) electrons. The van der Waals surface area contributed by atoms with Gasteiger partial charge in [0, 0.05) is 24.8 Å². The van der Waals surface area contributed by atoms with Crippen LogP contribution >= 0.6 is 11.3 Å². The lowest BCUT2D eigenvalue weighted by Crippen LogP contribution is -2.41. The van der Waals surface area contributed by atoms with Gasteiger partial charge >= 0.3 is 0 Å². The van der Waals surface area contributed by atoms with Crippen LogP contribution in [0.3, 0.4) is 0 Å². The van der Waals surface area contributed by atoms with Gasteiger partial charge in [0.2, 0.25) is 5.95 Å². The van der Waals surface area contributed by atoms with E-state index in [4.69, 9.17) is 0 Å². The normalized spacial score (nSPS) is 15.6. The molecule has 2 N–H and O–H groups in total. The van der Waals surface area contributed by atoms with Crippen molar-refractivity contribution in [3.05, 3.63) is 36.4 Å². The van der Waals surface area contributed by atoms with E-state index in [1.807, 2.05) is 6.07 Å². The van der Waals surface area contributed by atoms with Crippen LogP contribution in [-0.4, -0.2) is 68.6 Å². The van der Waals surface area contributed by atoms with Crippen molar-refractivity contribution in [2.45, 2.75) is 18.9 Å². The van der Waals surface area contributed by atoms with Crippen LogP contribution in [0, 0.1) is 5.95 Å². The fraction of sp³-hybridized carbons (Fsp3) is 0.333. The Morgan fingerprint density at radius 3 is 2.71 bits per heavy atom. The largest absolute Gasteiger partial charge is 0.507 e. The maximum absolute atomic E-state index is 13.7. The number of phenolic OH excluding ortho intramolecular Hbond substituents is 1. The van der Waals surface area contributed by atoms with Gasteiger partial charge in [0.1, 0.15) is 5.75 Å². The highest BCUT2D eigenvalue weighted by Crippen LogP contribution is 2.36. The lowest BCUT2D eigenvalue weighted by atomic mass is 10.0. The molecule has 0 unspecified atom stereocenters. The summed E-state index contributed by atoms with van der Waals surface area (Å²) in [6, 6.07) is 7.28. The lowest BCUT2D eigenvalue weighted by Gasteiger charge is -2.34. The second kappa shape index (κ2) is 7.86. The minimum Gasteiger partial charge on any atom is -0.507 e. The third-order valence-corrected chi connectivity index (χ3v) is 6.94. The molecule has 0 amide bonds. The third-order valence-electron chi connectivity index (χ3n) is 5.86. The van der Waals surface area contributed by atoms with Crippen molar-refractivity contribution in [1.82, 2.24) is 30.3 Å². The highest BCUT2D eigenvalue weighted by Gasteiger charge is 2.23. The van der Waals surface area contributed by atoms with Gasteiger partial charge in [0.05, 0.1) is 16.0 Å². The number of nitrogens with one attached hydrogen (secondary N) is 1. The number of fused-ring (bicyclic) bond motifs is 1. The van der Waals surface area contributed by atoms with E-state index in [1.54, 1.807) is 23.5 Å². The molecule has 0 aliphatic carbocycles. The van der Waals surface area contributed by atoms with Crippen molar-refractivity contribution in [3.8, 4) is 28.1 Å². The van der Waals surface area contributed by atoms with E-state index in [0.29, 0.717) is 34.1 Å². The van der Waals surface area contributed by atoms with Gasteiger partial charge < -0.3 is 14.9 Å². The average Bonchev–Trinajstić information content (AvgIpc) is 3.39. The zero-order chi connectivity index (χ0) is 21.5. The second-order valence-corrected chi connectivity index (χ2v) is 8.89. The summed E-state index contributed by atoms with van der Waals surface area (Å²) in [5, 5.41) is 26.0. The molecule has 10 heteroatoms. The van der Waals surface area contributed by atoms with Gasteiger partial charge in [-0.2, -0.15) is 9.37 Å². The number of piperidine rings is 1. The predicted octanol–water partition coefficient (Wildman–Crippen LogP) is 3.52. The Hall–Kier alpha value is -3.11. The molecule has 1 fully saturated rings.